The van der Waals surface area contributed by atoms with E-state index in [1.807, 2.05) is 13.0 Å². The number of nitrogens with zero attached hydrogens (tertiary/aromatic N) is 4. The smallest absolute Gasteiger partial charge is 0.230 e. The van der Waals surface area contributed by atoms with Crippen LogP contribution in [-0.2, 0) is 0 Å². The highest BCUT2D eigenvalue weighted by molar-refractivity contribution is 5.91. The van der Waals surface area contributed by atoms with Crippen molar-refractivity contribution in [1.29, 1.82) is 0 Å². The number of aryl methyl sites for hydroxylation is 1. The summed E-state index contributed by atoms with van der Waals surface area (Å²) in [5.41, 5.74) is 2.28. The highest BCUT2D eigenvalue weighted by Crippen LogP contribution is 2.25. The zero-order chi connectivity index (χ0) is 14.4. The Morgan fingerprint density at radius 3 is 2.95 bits per heavy atom. The van der Waals surface area contributed by atoms with Gasteiger partial charge in [0.25, 0.3) is 0 Å². The molecule has 0 spiro atoms. The van der Waals surface area contributed by atoms with Crippen LogP contribution in [0.4, 0.5) is 0 Å². The van der Waals surface area contributed by atoms with Crippen molar-refractivity contribution < 1.29 is 4.42 Å². The maximum atomic E-state index is 12.6. The van der Waals surface area contributed by atoms with E-state index in [1.54, 1.807) is 24.4 Å². The van der Waals surface area contributed by atoms with Gasteiger partial charge in [0.05, 0.1) is 10.8 Å². The third-order valence-electron chi connectivity index (χ3n) is 3.34. The average molecular weight is 279 g/mol. The maximum Gasteiger partial charge on any atom is 0.230 e. The van der Waals surface area contributed by atoms with Crippen molar-refractivity contribution in [1.82, 2.24) is 25.6 Å². The summed E-state index contributed by atoms with van der Waals surface area (Å²) < 4.78 is 5.75. The van der Waals surface area contributed by atoms with Crippen LogP contribution in [0, 0.1) is 6.92 Å². The van der Waals surface area contributed by atoms with Gasteiger partial charge in [-0.15, -0.1) is 10.2 Å². The summed E-state index contributed by atoms with van der Waals surface area (Å²) >= 11 is 0. The van der Waals surface area contributed by atoms with Gasteiger partial charge in [-0.05, 0) is 42.0 Å². The molecule has 0 radical (unpaired) electrons. The Labute approximate surface area is 117 Å². The predicted molar refractivity (Wildman–Crippen MR) is 75.7 cm³/mol. The third kappa shape index (κ3) is 1.71. The quantitative estimate of drug-likeness (QED) is 0.534. The minimum Gasteiger partial charge on any atom is -0.437 e. The van der Waals surface area contributed by atoms with Crippen LogP contribution < -0.4 is 5.43 Å². The Morgan fingerprint density at radius 2 is 2.14 bits per heavy atom. The van der Waals surface area contributed by atoms with Gasteiger partial charge in [0.2, 0.25) is 17.0 Å². The van der Waals surface area contributed by atoms with Gasteiger partial charge in [0.15, 0.2) is 0 Å². The lowest BCUT2D eigenvalue weighted by Gasteiger charge is -2.05. The van der Waals surface area contributed by atoms with Crippen molar-refractivity contribution >= 4 is 22.1 Å². The Bertz CT molecular complexity index is 1020. The van der Waals surface area contributed by atoms with E-state index in [4.69, 9.17) is 4.42 Å². The number of H-pyrrole nitrogens is 1. The van der Waals surface area contributed by atoms with Gasteiger partial charge in [0.1, 0.15) is 5.58 Å². The van der Waals surface area contributed by atoms with E-state index in [9.17, 15) is 4.79 Å². The van der Waals surface area contributed by atoms with Crippen LogP contribution in [0.25, 0.3) is 33.5 Å². The molecule has 3 heterocycles. The minimum atomic E-state index is -0.118. The number of tetrazole rings is 1. The van der Waals surface area contributed by atoms with Crippen LogP contribution in [0.2, 0.25) is 0 Å². The highest BCUT2D eigenvalue weighted by atomic mass is 16.3. The number of benzene rings is 1. The lowest BCUT2D eigenvalue weighted by Crippen LogP contribution is -2.04. The number of nitrogens with one attached hydrogen (secondary N) is 1. The fourth-order valence-corrected chi connectivity index (χ4v) is 2.38. The lowest BCUT2D eigenvalue weighted by atomic mass is 10.1. The SMILES string of the molecule is Cc1cc(-c2nn[nH]n2)cc2c(=O)c3cccnc3oc12. The molecule has 0 amide bonds. The second kappa shape index (κ2) is 4.20. The Kier molecular flexibility index (Phi) is 2.34. The molecule has 0 atom stereocenters. The number of aromatic nitrogens is 5. The predicted octanol–water partition coefficient (Wildman–Crippen LogP) is 1.83. The van der Waals surface area contributed by atoms with Crippen LogP contribution >= 0.6 is 0 Å². The largest absolute Gasteiger partial charge is 0.437 e. The van der Waals surface area contributed by atoms with Gasteiger partial charge in [0, 0.05) is 11.8 Å². The summed E-state index contributed by atoms with van der Waals surface area (Å²) in [5.74, 6) is 0.436. The molecule has 21 heavy (non-hydrogen) atoms. The first-order valence-corrected chi connectivity index (χ1v) is 6.30. The highest BCUT2D eigenvalue weighted by Gasteiger charge is 2.13. The first-order valence-electron chi connectivity index (χ1n) is 6.30. The van der Waals surface area contributed by atoms with E-state index >= 15 is 0 Å². The molecule has 7 nitrogen and oxygen atoms in total. The van der Waals surface area contributed by atoms with E-state index < -0.39 is 0 Å². The van der Waals surface area contributed by atoms with Gasteiger partial charge in [-0.3, -0.25) is 4.79 Å². The van der Waals surface area contributed by atoms with Crippen LogP contribution in [-0.4, -0.2) is 25.6 Å². The van der Waals surface area contributed by atoms with Gasteiger partial charge in [-0.1, -0.05) is 0 Å². The molecule has 0 saturated heterocycles. The summed E-state index contributed by atoms with van der Waals surface area (Å²) in [4.78, 5) is 16.7. The number of rotatable bonds is 1. The zero-order valence-corrected chi connectivity index (χ0v) is 11.0. The first-order chi connectivity index (χ1) is 10.2. The van der Waals surface area contributed by atoms with Crippen LogP contribution in [0.5, 0.6) is 0 Å². The molecule has 0 unspecified atom stereocenters. The van der Waals surface area contributed by atoms with E-state index in [-0.39, 0.29) is 5.43 Å². The molecule has 3 aromatic heterocycles. The number of hydrogen-bond acceptors (Lipinski definition) is 6. The molecule has 0 aliphatic rings. The third-order valence-corrected chi connectivity index (χ3v) is 3.34. The van der Waals surface area contributed by atoms with Crippen molar-refractivity contribution in [2.75, 3.05) is 0 Å². The van der Waals surface area contributed by atoms with Crippen LogP contribution in [0.3, 0.4) is 0 Å². The number of aromatic amines is 1. The van der Waals surface area contributed by atoms with E-state index in [0.717, 1.165) is 5.56 Å². The summed E-state index contributed by atoms with van der Waals surface area (Å²) in [7, 11) is 0. The minimum absolute atomic E-state index is 0.118. The lowest BCUT2D eigenvalue weighted by molar-refractivity contribution is 0.642. The van der Waals surface area contributed by atoms with Crippen molar-refractivity contribution in [3.8, 4) is 11.4 Å². The summed E-state index contributed by atoms with van der Waals surface area (Å²) in [6.45, 7) is 1.86. The molecular formula is C14H9N5O2. The topological polar surface area (TPSA) is 97.6 Å². The standard InChI is InChI=1S/C14H9N5O2/c1-7-5-8(13-16-18-19-17-13)6-10-11(20)9-3-2-4-15-14(9)21-12(7)10/h2-6H,1H3,(H,16,17,18,19). The summed E-state index contributed by atoms with van der Waals surface area (Å²) in [6.07, 6.45) is 1.60. The van der Waals surface area contributed by atoms with E-state index in [1.165, 1.54) is 0 Å². The molecule has 7 heteroatoms. The van der Waals surface area contributed by atoms with Crippen molar-refractivity contribution in [3.05, 3.63) is 46.2 Å². The van der Waals surface area contributed by atoms with E-state index in [2.05, 4.69) is 25.6 Å². The van der Waals surface area contributed by atoms with Crippen molar-refractivity contribution in [2.45, 2.75) is 6.92 Å². The Hall–Kier alpha value is -3.09. The fourth-order valence-electron chi connectivity index (χ4n) is 2.38. The fraction of sp³-hybridized carbons (Fsp3) is 0.0714. The molecule has 0 aliphatic carbocycles. The van der Waals surface area contributed by atoms with Gasteiger partial charge in [-0.2, -0.15) is 5.21 Å². The number of hydrogen-bond donors (Lipinski definition) is 1. The molecule has 1 N–H and O–H groups in total. The molecule has 4 aromatic rings. The number of fused-ring (bicyclic) bond motifs is 2. The molecule has 0 saturated carbocycles. The molecule has 0 bridgehead atoms. The van der Waals surface area contributed by atoms with Crippen LogP contribution in [0.15, 0.2) is 39.7 Å². The van der Waals surface area contributed by atoms with E-state index in [0.29, 0.717) is 33.5 Å². The molecule has 1 aromatic carbocycles. The second-order valence-electron chi connectivity index (χ2n) is 4.69. The van der Waals surface area contributed by atoms with Crippen LogP contribution in [0.1, 0.15) is 5.56 Å². The molecule has 0 aliphatic heterocycles. The molecular weight excluding hydrogens is 270 g/mol. The van der Waals surface area contributed by atoms with Crippen molar-refractivity contribution in [3.63, 3.8) is 0 Å². The zero-order valence-electron chi connectivity index (χ0n) is 11.0. The number of pyridine rings is 1. The monoisotopic (exact) mass is 279 g/mol. The second-order valence-corrected chi connectivity index (χ2v) is 4.69. The molecule has 0 fully saturated rings. The normalized spacial score (nSPS) is 11.3. The molecule has 4 rings (SSSR count). The van der Waals surface area contributed by atoms with Gasteiger partial charge < -0.3 is 4.42 Å². The Balaban J connectivity index is 2.15. The maximum absolute atomic E-state index is 12.6. The van der Waals surface area contributed by atoms with Gasteiger partial charge in [-0.25, -0.2) is 4.98 Å². The molecule has 102 valence electrons. The first kappa shape index (κ1) is 11.7. The van der Waals surface area contributed by atoms with Gasteiger partial charge >= 0.3 is 0 Å². The van der Waals surface area contributed by atoms with Crippen molar-refractivity contribution in [2.24, 2.45) is 0 Å². The average Bonchev–Trinajstić information content (AvgIpc) is 3.03. The summed E-state index contributed by atoms with van der Waals surface area (Å²) in [5, 5.41) is 14.7. The summed E-state index contributed by atoms with van der Waals surface area (Å²) in [6, 6.07) is 6.97. The Morgan fingerprint density at radius 1 is 1.24 bits per heavy atom.